The van der Waals surface area contributed by atoms with Gasteiger partial charge in [-0.15, -0.1) is 20.5 Å². The van der Waals surface area contributed by atoms with E-state index in [2.05, 4.69) is 20.5 Å². The second kappa shape index (κ2) is 8.28. The summed E-state index contributed by atoms with van der Waals surface area (Å²) in [5.41, 5.74) is -0.793. The van der Waals surface area contributed by atoms with E-state index < -0.39 is 59.1 Å². The molecule has 0 aliphatic rings. The highest BCUT2D eigenvalue weighted by molar-refractivity contribution is 7.86. The lowest BCUT2D eigenvalue weighted by atomic mass is 10.3. The van der Waals surface area contributed by atoms with E-state index in [1.54, 1.807) is 6.07 Å². The van der Waals surface area contributed by atoms with Crippen LogP contribution in [0.2, 0.25) is 0 Å². The number of hydrogen-bond acceptors (Lipinski definition) is 11. The van der Waals surface area contributed by atoms with Gasteiger partial charge >= 0.3 is 0 Å². The number of nitriles is 1. The molecule has 0 saturated heterocycles. The number of rotatable bonds is 6. The van der Waals surface area contributed by atoms with Crippen LogP contribution in [0.25, 0.3) is 0 Å². The summed E-state index contributed by atoms with van der Waals surface area (Å²) >= 11 is 0. The number of hydrogen-bond donors (Lipinski definition) is 4. The first kappa shape index (κ1) is 21.8. The molecule has 0 saturated carbocycles. The predicted octanol–water partition coefficient (Wildman–Crippen LogP) is 2.31. The van der Waals surface area contributed by atoms with E-state index >= 15 is 0 Å². The van der Waals surface area contributed by atoms with Crippen molar-refractivity contribution in [3.63, 3.8) is 0 Å². The molecule has 0 aliphatic carbocycles. The molecule has 4 N–H and O–H groups in total. The molecule has 2 aromatic rings. The summed E-state index contributed by atoms with van der Waals surface area (Å²) in [6, 6.07) is 6.82. The first-order valence-corrected chi connectivity index (χ1v) is 10.1. The minimum Gasteiger partial charge on any atom is -0.506 e. The summed E-state index contributed by atoms with van der Waals surface area (Å²) in [7, 11) is -9.14. The van der Waals surface area contributed by atoms with Crippen molar-refractivity contribution in [3.8, 4) is 17.6 Å². The molecule has 0 radical (unpaired) electrons. The average Bonchev–Trinajstić information content (AvgIpc) is 2.62. The van der Waals surface area contributed by atoms with Crippen LogP contribution in [0.4, 0.5) is 11.4 Å². The Morgan fingerprint density at radius 3 is 1.48 bits per heavy atom. The Kier molecular flexibility index (Phi) is 6.24. The van der Waals surface area contributed by atoms with Crippen LogP contribution in [0, 0.1) is 11.3 Å². The maximum Gasteiger partial charge on any atom is 0.294 e. The molecular weight excluding hydrogens is 430 g/mol. The molecule has 13 nitrogen and oxygen atoms in total. The number of benzene rings is 2. The van der Waals surface area contributed by atoms with Crippen molar-refractivity contribution in [2.24, 2.45) is 20.5 Å². The van der Waals surface area contributed by atoms with Gasteiger partial charge in [-0.25, -0.2) is 0 Å². The number of nitrogens with zero attached hydrogens (tertiary/aromatic N) is 5. The van der Waals surface area contributed by atoms with Gasteiger partial charge in [-0.2, -0.15) is 22.1 Å². The summed E-state index contributed by atoms with van der Waals surface area (Å²) in [4.78, 5) is -1.15. The van der Waals surface area contributed by atoms with Gasteiger partial charge in [0, 0.05) is 0 Å². The normalized spacial score (nSPS) is 13.6. The minimum absolute atomic E-state index is 0.396. The Morgan fingerprint density at radius 1 is 0.793 bits per heavy atom. The highest BCUT2D eigenvalue weighted by Gasteiger charge is 2.14. The van der Waals surface area contributed by atoms with Crippen molar-refractivity contribution < 1.29 is 36.2 Å². The van der Waals surface area contributed by atoms with Crippen molar-refractivity contribution in [3.05, 3.63) is 36.4 Å². The molecule has 2 aromatic carbocycles. The number of phenols is 2. The third kappa shape index (κ3) is 5.76. The molecule has 152 valence electrons. The molecular formula is C14H11N5O8S2. The second-order valence-corrected chi connectivity index (χ2v) is 8.03. The summed E-state index contributed by atoms with van der Waals surface area (Å²) in [6.45, 7) is 0. The minimum atomic E-state index is -4.57. The van der Waals surface area contributed by atoms with Crippen molar-refractivity contribution in [1.29, 1.82) is 5.26 Å². The lowest BCUT2D eigenvalue weighted by Crippen LogP contribution is -1.97. The molecule has 0 atom stereocenters. The van der Waals surface area contributed by atoms with Gasteiger partial charge < -0.3 is 10.2 Å². The standard InChI is InChI=1S/C14H11N5O8S2/c15-7-14(18-16-10-5-8(28(22,23)24)1-3-12(10)20)19-17-11-6-9(29(25,26)27)2-4-13(11)21/h1-6,14,20-21H,(H,22,23,24)(H,25,26,27). The number of aromatic hydroxyl groups is 2. The maximum atomic E-state index is 11.1. The zero-order valence-electron chi connectivity index (χ0n) is 14.0. The largest absolute Gasteiger partial charge is 0.506 e. The van der Waals surface area contributed by atoms with Crippen molar-refractivity contribution >= 4 is 31.6 Å². The van der Waals surface area contributed by atoms with E-state index in [1.807, 2.05) is 0 Å². The van der Waals surface area contributed by atoms with Gasteiger partial charge in [0.05, 0.1) is 9.79 Å². The van der Waals surface area contributed by atoms with Gasteiger partial charge in [0.1, 0.15) is 28.9 Å². The van der Waals surface area contributed by atoms with Gasteiger partial charge in [-0.3, -0.25) is 9.11 Å². The highest BCUT2D eigenvalue weighted by atomic mass is 32.2. The van der Waals surface area contributed by atoms with Gasteiger partial charge in [0.15, 0.2) is 0 Å². The summed E-state index contributed by atoms with van der Waals surface area (Å²) in [5.74, 6) is -1.01. The fourth-order valence-corrected chi connectivity index (χ4v) is 2.80. The van der Waals surface area contributed by atoms with E-state index in [9.17, 15) is 27.0 Å². The summed E-state index contributed by atoms with van der Waals surface area (Å²) < 4.78 is 62.4. The number of azo groups is 2. The summed E-state index contributed by atoms with van der Waals surface area (Å²) in [6.07, 6.45) is -1.63. The van der Waals surface area contributed by atoms with Crippen molar-refractivity contribution in [1.82, 2.24) is 0 Å². The van der Waals surface area contributed by atoms with E-state index in [0.717, 1.165) is 36.4 Å². The predicted molar refractivity (Wildman–Crippen MR) is 94.3 cm³/mol. The Labute approximate surface area is 163 Å². The topological polar surface area (TPSA) is 222 Å². The lowest BCUT2D eigenvalue weighted by Gasteiger charge is -2.02. The van der Waals surface area contributed by atoms with Crippen LogP contribution < -0.4 is 0 Å². The third-order valence-corrected chi connectivity index (χ3v) is 4.85. The van der Waals surface area contributed by atoms with Crippen molar-refractivity contribution in [2.75, 3.05) is 0 Å². The van der Waals surface area contributed by atoms with E-state index in [0.29, 0.717) is 0 Å². The van der Waals surface area contributed by atoms with Crippen LogP contribution in [0.15, 0.2) is 66.6 Å². The zero-order valence-corrected chi connectivity index (χ0v) is 15.6. The molecule has 0 amide bonds. The Balaban J connectivity index is 2.32. The molecule has 0 bridgehead atoms. The van der Waals surface area contributed by atoms with Crippen LogP contribution in [-0.4, -0.2) is 42.3 Å². The third-order valence-electron chi connectivity index (χ3n) is 3.15. The number of phenolic OH excluding ortho intramolecular Hbond substituents is 2. The molecule has 15 heteroatoms. The van der Waals surface area contributed by atoms with Crippen LogP contribution in [0.5, 0.6) is 11.5 Å². The van der Waals surface area contributed by atoms with E-state index in [4.69, 9.17) is 14.4 Å². The van der Waals surface area contributed by atoms with Crippen molar-refractivity contribution in [2.45, 2.75) is 16.0 Å². The average molecular weight is 441 g/mol. The highest BCUT2D eigenvalue weighted by Crippen LogP contribution is 2.31. The Morgan fingerprint density at radius 2 is 1.17 bits per heavy atom. The molecule has 29 heavy (non-hydrogen) atoms. The van der Waals surface area contributed by atoms with Gasteiger partial charge in [0.2, 0.25) is 0 Å². The Hall–Kier alpha value is -3.45. The van der Waals surface area contributed by atoms with Crippen LogP contribution >= 0.6 is 0 Å². The van der Waals surface area contributed by atoms with Gasteiger partial charge in [-0.1, -0.05) is 0 Å². The van der Waals surface area contributed by atoms with Gasteiger partial charge in [-0.05, 0) is 36.4 Å². The van der Waals surface area contributed by atoms with Crippen LogP contribution in [0.1, 0.15) is 0 Å². The first-order valence-electron chi connectivity index (χ1n) is 7.24. The fourth-order valence-electron chi connectivity index (χ4n) is 1.80. The molecule has 2 rings (SSSR count). The summed E-state index contributed by atoms with van der Waals surface area (Å²) in [5, 5.41) is 42.1. The first-order chi connectivity index (χ1) is 13.4. The molecule has 0 spiro atoms. The van der Waals surface area contributed by atoms with Crippen LogP contribution in [0.3, 0.4) is 0 Å². The fraction of sp³-hybridized carbons (Fsp3) is 0.0714. The maximum absolute atomic E-state index is 11.1. The molecule has 0 unspecified atom stereocenters. The second-order valence-electron chi connectivity index (χ2n) is 5.18. The quantitative estimate of drug-likeness (QED) is 0.380. The van der Waals surface area contributed by atoms with E-state index in [1.165, 1.54) is 0 Å². The lowest BCUT2D eigenvalue weighted by molar-refractivity contribution is 0.472. The zero-order chi connectivity index (χ0) is 21.8. The van der Waals surface area contributed by atoms with Gasteiger partial charge in [0.25, 0.3) is 26.4 Å². The monoisotopic (exact) mass is 441 g/mol. The SMILES string of the molecule is N#CC(N=Nc1cc(S(=O)(=O)O)ccc1O)N=Nc1cc(S(=O)(=O)O)ccc1O. The molecule has 0 fully saturated rings. The molecule has 0 heterocycles. The molecule has 0 aliphatic heterocycles. The van der Waals surface area contributed by atoms with E-state index in [-0.39, 0.29) is 0 Å². The van der Waals surface area contributed by atoms with Crippen LogP contribution in [-0.2, 0) is 20.2 Å². The Bertz CT molecular complexity index is 1160. The smallest absolute Gasteiger partial charge is 0.294 e. The molecule has 0 aromatic heterocycles.